The second-order valence-corrected chi connectivity index (χ2v) is 14.1. The summed E-state index contributed by atoms with van der Waals surface area (Å²) in [6.07, 6.45) is 9.56. The number of carbonyl (C=O) groups excluding carboxylic acids is 1. The van der Waals surface area contributed by atoms with Crippen molar-refractivity contribution in [3.8, 4) is 5.75 Å². The summed E-state index contributed by atoms with van der Waals surface area (Å²) >= 11 is 12.6. The van der Waals surface area contributed by atoms with Gasteiger partial charge in [0.2, 0.25) is 0 Å². The molecule has 8 nitrogen and oxygen atoms in total. The van der Waals surface area contributed by atoms with Crippen LogP contribution in [-0.4, -0.2) is 53.8 Å². The molecule has 0 aromatic heterocycles. The Morgan fingerprint density at radius 2 is 1.82 bits per heavy atom. The van der Waals surface area contributed by atoms with E-state index in [1.807, 2.05) is 64.1 Å². The van der Waals surface area contributed by atoms with Crippen molar-refractivity contribution >= 4 is 40.7 Å². The Morgan fingerprint density at radius 1 is 1.12 bits per heavy atom. The SMILES string of the molecule is CC=C(C=CC(C)C1C(C)=C(c2cc(Cl)ccc2C2CN2)CCN1C(=O)Oc1ccc(Cl)cc1)OCC(O)CC(C)C=CN=C(N)C(C)C. The summed E-state index contributed by atoms with van der Waals surface area (Å²) in [6, 6.07) is 12.9. The number of aliphatic imine (C=N–C) groups is 1. The van der Waals surface area contributed by atoms with Gasteiger partial charge in [-0.15, -0.1) is 0 Å². The fraction of sp³-hybridized carbons (Fsp3) is 0.436. The molecule has 1 amide bonds. The van der Waals surface area contributed by atoms with Crippen LogP contribution in [0.3, 0.4) is 0 Å². The molecule has 49 heavy (non-hydrogen) atoms. The monoisotopic (exact) mass is 708 g/mol. The Bertz CT molecular complexity index is 1590. The number of aliphatic hydroxyl groups excluding tert-OH is 1. The highest BCUT2D eigenvalue weighted by molar-refractivity contribution is 6.31. The number of ether oxygens (including phenoxy) is 2. The maximum atomic E-state index is 13.7. The number of rotatable bonds is 14. The van der Waals surface area contributed by atoms with Crippen molar-refractivity contribution in [3.63, 3.8) is 0 Å². The predicted octanol–water partition coefficient (Wildman–Crippen LogP) is 8.71. The number of nitrogens with one attached hydrogen (secondary N) is 1. The van der Waals surface area contributed by atoms with Gasteiger partial charge in [-0.05, 0) is 109 Å². The molecule has 4 N–H and O–H groups in total. The van der Waals surface area contributed by atoms with E-state index in [-0.39, 0.29) is 30.4 Å². The molecule has 2 aliphatic heterocycles. The van der Waals surface area contributed by atoms with Crippen LogP contribution in [0.5, 0.6) is 5.75 Å². The van der Waals surface area contributed by atoms with Gasteiger partial charge in [0.15, 0.2) is 0 Å². The van der Waals surface area contributed by atoms with Crippen LogP contribution < -0.4 is 15.8 Å². The molecule has 5 atom stereocenters. The van der Waals surface area contributed by atoms with E-state index in [0.717, 1.165) is 17.7 Å². The Morgan fingerprint density at radius 3 is 2.47 bits per heavy atom. The van der Waals surface area contributed by atoms with Crippen molar-refractivity contribution in [2.24, 2.45) is 28.5 Å². The average molecular weight is 710 g/mol. The molecule has 0 spiro atoms. The molecule has 10 heteroatoms. The number of hydrogen-bond acceptors (Lipinski definition) is 6. The van der Waals surface area contributed by atoms with Crippen molar-refractivity contribution in [3.05, 3.63) is 105 Å². The largest absolute Gasteiger partial charge is 0.491 e. The van der Waals surface area contributed by atoms with Gasteiger partial charge < -0.3 is 30.5 Å². The zero-order chi connectivity index (χ0) is 35.7. The van der Waals surface area contributed by atoms with Crippen molar-refractivity contribution < 1.29 is 19.4 Å². The molecule has 1 fully saturated rings. The van der Waals surface area contributed by atoms with Crippen LogP contribution in [0.4, 0.5) is 4.79 Å². The highest BCUT2D eigenvalue weighted by Crippen LogP contribution is 2.40. The van der Waals surface area contributed by atoms with Gasteiger partial charge in [-0.1, -0.05) is 69.1 Å². The minimum atomic E-state index is -0.663. The summed E-state index contributed by atoms with van der Waals surface area (Å²) in [7, 11) is 0. The molecule has 2 aliphatic rings. The van der Waals surface area contributed by atoms with Gasteiger partial charge in [0.1, 0.15) is 24.0 Å². The topological polar surface area (TPSA) is 119 Å². The fourth-order valence-electron chi connectivity index (χ4n) is 6.02. The van der Waals surface area contributed by atoms with Crippen LogP contribution in [-0.2, 0) is 4.74 Å². The average Bonchev–Trinajstić information content (AvgIpc) is 3.91. The summed E-state index contributed by atoms with van der Waals surface area (Å²) in [4.78, 5) is 19.8. The number of aliphatic hydroxyl groups is 1. The molecule has 2 heterocycles. The lowest BCUT2D eigenvalue weighted by Gasteiger charge is -2.40. The Kier molecular flexibility index (Phi) is 14.0. The van der Waals surface area contributed by atoms with E-state index in [1.54, 1.807) is 35.4 Å². The summed E-state index contributed by atoms with van der Waals surface area (Å²) in [5, 5.41) is 15.3. The molecule has 0 radical (unpaired) electrons. The second kappa shape index (κ2) is 17.9. The lowest BCUT2D eigenvalue weighted by atomic mass is 9.82. The third-order valence-electron chi connectivity index (χ3n) is 8.90. The molecule has 0 aliphatic carbocycles. The van der Waals surface area contributed by atoms with E-state index in [2.05, 4.69) is 30.2 Å². The maximum absolute atomic E-state index is 13.7. The van der Waals surface area contributed by atoms with Gasteiger partial charge in [0.25, 0.3) is 0 Å². The number of amides is 1. The first-order chi connectivity index (χ1) is 23.4. The summed E-state index contributed by atoms with van der Waals surface area (Å²) < 4.78 is 11.8. The predicted molar refractivity (Wildman–Crippen MR) is 201 cm³/mol. The third-order valence-corrected chi connectivity index (χ3v) is 9.39. The van der Waals surface area contributed by atoms with Crippen LogP contribution >= 0.6 is 23.2 Å². The van der Waals surface area contributed by atoms with E-state index in [4.69, 9.17) is 38.4 Å². The van der Waals surface area contributed by atoms with Crippen molar-refractivity contribution in [2.75, 3.05) is 19.7 Å². The molecule has 2 aromatic carbocycles. The standard InChI is InChI=1S/C39H50Cl2N4O4/c1-7-31(48-23-30(46)20-25(4)16-18-43-38(42)24(2)3)12-8-26(5)37-27(6)33(35-21-29(41)11-15-34(35)36-22-44-36)17-19-45(37)39(47)49-32-13-9-28(40)10-14-32/h7-16,18,21,24-26,30,36-37,44,46H,17,19-20,22-23H2,1-6H3,(H2,42,43). The van der Waals surface area contributed by atoms with Gasteiger partial charge in [-0.2, -0.15) is 0 Å². The lowest BCUT2D eigenvalue weighted by Crippen LogP contribution is -2.48. The van der Waals surface area contributed by atoms with Crippen molar-refractivity contribution in [2.45, 2.75) is 72.6 Å². The molecular formula is C39H50Cl2N4O4. The van der Waals surface area contributed by atoms with E-state index in [0.29, 0.717) is 52.8 Å². The number of benzene rings is 2. The summed E-state index contributed by atoms with van der Waals surface area (Å²) in [5.41, 5.74) is 10.5. The lowest BCUT2D eigenvalue weighted by molar-refractivity contribution is 0.0633. The number of hydrogen-bond donors (Lipinski definition) is 3. The van der Waals surface area contributed by atoms with E-state index >= 15 is 0 Å². The number of nitrogens with zero attached hydrogens (tertiary/aromatic N) is 2. The Hall–Kier alpha value is -3.56. The van der Waals surface area contributed by atoms with E-state index in [9.17, 15) is 9.90 Å². The molecule has 1 saturated heterocycles. The first-order valence-electron chi connectivity index (χ1n) is 17.0. The van der Waals surface area contributed by atoms with Crippen LogP contribution in [0.15, 0.2) is 89.3 Å². The number of nitrogens with two attached hydrogens (primary N) is 1. The van der Waals surface area contributed by atoms with Crippen molar-refractivity contribution in [1.82, 2.24) is 10.2 Å². The Labute approximate surface area is 301 Å². The van der Waals surface area contributed by atoms with Crippen LogP contribution in [0.2, 0.25) is 10.0 Å². The third kappa shape index (κ3) is 11.0. The molecule has 5 unspecified atom stereocenters. The molecular weight excluding hydrogens is 659 g/mol. The van der Waals surface area contributed by atoms with Gasteiger partial charge in [0, 0.05) is 41.3 Å². The van der Waals surface area contributed by atoms with Gasteiger partial charge >= 0.3 is 6.09 Å². The van der Waals surface area contributed by atoms with Gasteiger partial charge in [0.05, 0.1) is 12.1 Å². The smallest absolute Gasteiger partial charge is 0.415 e. The number of halogens is 2. The first kappa shape index (κ1) is 38.2. The second-order valence-electron chi connectivity index (χ2n) is 13.2. The zero-order valence-corrected chi connectivity index (χ0v) is 30.8. The van der Waals surface area contributed by atoms with Crippen LogP contribution in [0, 0.1) is 17.8 Å². The van der Waals surface area contributed by atoms with E-state index in [1.165, 1.54) is 11.1 Å². The summed E-state index contributed by atoms with van der Waals surface area (Å²) in [5.74, 6) is 1.81. The molecule has 0 bridgehead atoms. The quantitative estimate of drug-likeness (QED) is 0.0594. The zero-order valence-electron chi connectivity index (χ0n) is 29.3. The minimum Gasteiger partial charge on any atom is -0.491 e. The minimum absolute atomic E-state index is 0.0940. The fourth-order valence-corrected chi connectivity index (χ4v) is 6.32. The summed E-state index contributed by atoms with van der Waals surface area (Å²) in [6.45, 7) is 13.6. The van der Waals surface area contributed by atoms with Crippen LogP contribution in [0.1, 0.15) is 71.6 Å². The number of allylic oxidation sites excluding steroid dienone is 3. The normalized spacial score (nSPS) is 20.7. The highest BCUT2D eigenvalue weighted by Gasteiger charge is 2.37. The van der Waals surface area contributed by atoms with Crippen LogP contribution in [0.25, 0.3) is 5.57 Å². The molecule has 2 aromatic rings. The molecule has 4 rings (SSSR count). The highest BCUT2D eigenvalue weighted by atomic mass is 35.5. The first-order valence-corrected chi connectivity index (χ1v) is 17.8. The number of amidine groups is 1. The van der Waals surface area contributed by atoms with Crippen molar-refractivity contribution in [1.29, 1.82) is 0 Å². The van der Waals surface area contributed by atoms with E-state index < -0.39 is 12.2 Å². The maximum Gasteiger partial charge on any atom is 0.415 e. The Balaban J connectivity index is 1.51. The molecule has 264 valence electrons. The molecule has 0 saturated carbocycles. The van der Waals surface area contributed by atoms with Gasteiger partial charge in [-0.3, -0.25) is 0 Å². The van der Waals surface area contributed by atoms with Gasteiger partial charge in [-0.25, -0.2) is 9.79 Å². The number of carbonyl (C=O) groups is 1.